The van der Waals surface area contributed by atoms with Gasteiger partial charge in [-0.1, -0.05) is 18.2 Å². The molecule has 0 unspecified atom stereocenters. The minimum Gasteiger partial charge on any atom is -0.497 e. The molecule has 1 heterocycles. The zero-order valence-corrected chi connectivity index (χ0v) is 16.0. The fourth-order valence-electron chi connectivity index (χ4n) is 3.38. The van der Waals surface area contributed by atoms with E-state index in [-0.39, 0.29) is 18.0 Å². The fraction of sp³-hybridized carbons (Fsp3) is 0.238. The highest BCUT2D eigenvalue weighted by Gasteiger charge is 2.23. The normalized spacial score (nSPS) is 10.7. The first kappa shape index (κ1) is 19.3. The predicted molar refractivity (Wildman–Crippen MR) is 106 cm³/mol. The number of benzene rings is 2. The van der Waals surface area contributed by atoms with E-state index in [9.17, 15) is 14.7 Å². The highest BCUT2D eigenvalue weighted by molar-refractivity contribution is 6.03. The van der Waals surface area contributed by atoms with Crippen LogP contribution >= 0.6 is 0 Å². The number of carbonyl (C=O) groups is 2. The number of carboxylic acids is 1. The second kappa shape index (κ2) is 8.04. The van der Waals surface area contributed by atoms with Crippen LogP contribution in [0.3, 0.4) is 0 Å². The van der Waals surface area contributed by atoms with E-state index in [2.05, 4.69) is 5.32 Å². The van der Waals surface area contributed by atoms with Crippen LogP contribution in [0.15, 0.2) is 42.5 Å². The first-order valence-electron chi connectivity index (χ1n) is 8.85. The van der Waals surface area contributed by atoms with Crippen molar-refractivity contribution in [1.82, 2.24) is 4.57 Å². The van der Waals surface area contributed by atoms with E-state index in [1.54, 1.807) is 29.9 Å². The van der Waals surface area contributed by atoms with Gasteiger partial charge in [-0.2, -0.15) is 0 Å². The van der Waals surface area contributed by atoms with E-state index in [1.165, 1.54) is 7.11 Å². The Hall–Kier alpha value is -3.48. The summed E-state index contributed by atoms with van der Waals surface area (Å²) < 4.78 is 12.2. The Bertz CT molecular complexity index is 1040. The Morgan fingerprint density at radius 2 is 1.86 bits per heavy atom. The summed E-state index contributed by atoms with van der Waals surface area (Å²) in [7, 11) is 3.05. The first-order chi connectivity index (χ1) is 13.5. The molecule has 0 aliphatic carbocycles. The number of aromatic carboxylic acids is 1. The molecule has 0 radical (unpaired) electrons. The van der Waals surface area contributed by atoms with Gasteiger partial charge in [-0.25, -0.2) is 4.79 Å². The van der Waals surface area contributed by atoms with Gasteiger partial charge in [0.05, 0.1) is 26.3 Å². The maximum absolute atomic E-state index is 12.7. The number of anilines is 1. The maximum atomic E-state index is 12.7. The summed E-state index contributed by atoms with van der Waals surface area (Å²) in [6.45, 7) is 2.38. The molecule has 2 aromatic carbocycles. The molecule has 0 fully saturated rings. The van der Waals surface area contributed by atoms with Crippen molar-refractivity contribution in [2.45, 2.75) is 19.9 Å². The van der Waals surface area contributed by atoms with Crippen LogP contribution in [0, 0.1) is 0 Å². The average Bonchev–Trinajstić information content (AvgIpc) is 3.01. The Kier molecular flexibility index (Phi) is 5.54. The number of ether oxygens (including phenoxy) is 2. The number of methoxy groups -OCH3 is 2. The van der Waals surface area contributed by atoms with Crippen molar-refractivity contribution in [1.29, 1.82) is 0 Å². The number of nitrogens with one attached hydrogen (secondary N) is 1. The topological polar surface area (TPSA) is 89.8 Å². The molecule has 0 aliphatic rings. The SMILES string of the molecule is CCn1c(C(=O)O)c(CC(=O)Nc2ccc(OC)cc2OC)c2ccccc21. The van der Waals surface area contributed by atoms with Crippen molar-refractivity contribution in [3.05, 3.63) is 53.7 Å². The molecule has 2 N–H and O–H groups in total. The Morgan fingerprint density at radius 3 is 2.50 bits per heavy atom. The second-order valence-electron chi connectivity index (χ2n) is 6.18. The fourth-order valence-corrected chi connectivity index (χ4v) is 3.38. The molecule has 0 saturated heterocycles. The number of aromatic nitrogens is 1. The number of fused-ring (bicyclic) bond motifs is 1. The Morgan fingerprint density at radius 1 is 1.11 bits per heavy atom. The van der Waals surface area contributed by atoms with Gasteiger partial charge in [0.2, 0.25) is 5.91 Å². The van der Waals surface area contributed by atoms with Crippen molar-refractivity contribution in [2.24, 2.45) is 0 Å². The minimum absolute atomic E-state index is 0.0651. The number of rotatable bonds is 7. The van der Waals surface area contributed by atoms with E-state index in [0.29, 0.717) is 29.3 Å². The third kappa shape index (κ3) is 3.51. The van der Waals surface area contributed by atoms with Crippen LogP contribution in [0.4, 0.5) is 5.69 Å². The lowest BCUT2D eigenvalue weighted by atomic mass is 10.1. The van der Waals surface area contributed by atoms with Crippen molar-refractivity contribution in [2.75, 3.05) is 19.5 Å². The van der Waals surface area contributed by atoms with Gasteiger partial charge in [0.15, 0.2) is 0 Å². The smallest absolute Gasteiger partial charge is 0.352 e. The Balaban J connectivity index is 1.96. The summed E-state index contributed by atoms with van der Waals surface area (Å²) in [5.74, 6) is -0.316. The third-order valence-electron chi connectivity index (χ3n) is 4.61. The number of aryl methyl sites for hydroxylation is 1. The van der Waals surface area contributed by atoms with Crippen LogP contribution in [-0.4, -0.2) is 35.8 Å². The zero-order valence-electron chi connectivity index (χ0n) is 16.0. The van der Waals surface area contributed by atoms with Gasteiger partial charge in [0.25, 0.3) is 0 Å². The van der Waals surface area contributed by atoms with Crippen LogP contribution in [0.2, 0.25) is 0 Å². The van der Waals surface area contributed by atoms with Crippen LogP contribution in [0.5, 0.6) is 11.5 Å². The Labute approximate surface area is 162 Å². The highest BCUT2D eigenvalue weighted by atomic mass is 16.5. The molecular formula is C21H22N2O5. The van der Waals surface area contributed by atoms with Crippen molar-refractivity contribution < 1.29 is 24.2 Å². The van der Waals surface area contributed by atoms with Gasteiger partial charge < -0.3 is 24.5 Å². The summed E-state index contributed by atoms with van der Waals surface area (Å²) in [6, 6.07) is 12.5. The van der Waals surface area contributed by atoms with Crippen molar-refractivity contribution in [3.63, 3.8) is 0 Å². The summed E-state index contributed by atoms with van der Waals surface area (Å²) in [5, 5.41) is 13.3. The van der Waals surface area contributed by atoms with E-state index >= 15 is 0 Å². The summed E-state index contributed by atoms with van der Waals surface area (Å²) in [5.41, 5.74) is 1.92. The molecule has 146 valence electrons. The van der Waals surface area contributed by atoms with Crippen LogP contribution in [-0.2, 0) is 17.8 Å². The molecule has 0 spiro atoms. The predicted octanol–water partition coefficient (Wildman–Crippen LogP) is 3.56. The lowest BCUT2D eigenvalue weighted by Gasteiger charge is -2.12. The standard InChI is InChI=1S/C21H22N2O5/c1-4-23-17-8-6-5-7-14(17)15(20(23)21(25)26)12-19(24)22-16-10-9-13(27-2)11-18(16)28-3/h5-11H,4,12H2,1-3H3,(H,22,24)(H,25,26). The molecule has 0 atom stereocenters. The number of carbonyl (C=O) groups excluding carboxylic acids is 1. The molecule has 0 bridgehead atoms. The molecule has 0 saturated carbocycles. The lowest BCUT2D eigenvalue weighted by Crippen LogP contribution is -2.17. The van der Waals surface area contributed by atoms with Crippen LogP contribution in [0.1, 0.15) is 23.0 Å². The molecule has 3 rings (SSSR count). The van der Waals surface area contributed by atoms with Gasteiger partial charge in [-0.3, -0.25) is 4.79 Å². The molecule has 0 aliphatic heterocycles. The number of carboxylic acid groups (broad SMARTS) is 1. The third-order valence-corrected chi connectivity index (χ3v) is 4.61. The molecule has 3 aromatic rings. The quantitative estimate of drug-likeness (QED) is 0.652. The maximum Gasteiger partial charge on any atom is 0.352 e. The van der Waals surface area contributed by atoms with Gasteiger partial charge in [-0.15, -0.1) is 0 Å². The van der Waals surface area contributed by atoms with Crippen molar-refractivity contribution in [3.8, 4) is 11.5 Å². The number of amides is 1. The number of para-hydroxylation sites is 1. The summed E-state index contributed by atoms with van der Waals surface area (Å²) in [4.78, 5) is 24.6. The minimum atomic E-state index is -1.05. The summed E-state index contributed by atoms with van der Waals surface area (Å²) >= 11 is 0. The monoisotopic (exact) mass is 382 g/mol. The lowest BCUT2D eigenvalue weighted by molar-refractivity contribution is -0.115. The molecule has 7 nitrogen and oxygen atoms in total. The van der Waals surface area contributed by atoms with E-state index in [0.717, 1.165) is 10.9 Å². The first-order valence-corrected chi connectivity index (χ1v) is 8.85. The van der Waals surface area contributed by atoms with E-state index in [4.69, 9.17) is 9.47 Å². The van der Waals surface area contributed by atoms with Crippen molar-refractivity contribution >= 4 is 28.5 Å². The van der Waals surface area contributed by atoms with Gasteiger partial charge >= 0.3 is 5.97 Å². The molecule has 28 heavy (non-hydrogen) atoms. The number of hydrogen-bond donors (Lipinski definition) is 2. The van der Waals surface area contributed by atoms with Gasteiger partial charge in [-0.05, 0) is 25.1 Å². The van der Waals surface area contributed by atoms with Crippen LogP contribution < -0.4 is 14.8 Å². The van der Waals surface area contributed by atoms with Crippen LogP contribution in [0.25, 0.3) is 10.9 Å². The zero-order chi connectivity index (χ0) is 20.3. The number of hydrogen-bond acceptors (Lipinski definition) is 4. The van der Waals surface area contributed by atoms with Gasteiger partial charge in [0.1, 0.15) is 17.2 Å². The average molecular weight is 382 g/mol. The van der Waals surface area contributed by atoms with Gasteiger partial charge in [0, 0.05) is 29.1 Å². The van der Waals surface area contributed by atoms with E-state index < -0.39 is 5.97 Å². The summed E-state index contributed by atoms with van der Waals surface area (Å²) in [6.07, 6.45) is -0.0651. The molecule has 1 amide bonds. The number of nitrogens with zero attached hydrogens (tertiary/aromatic N) is 1. The molecular weight excluding hydrogens is 360 g/mol. The largest absolute Gasteiger partial charge is 0.497 e. The van der Waals surface area contributed by atoms with E-state index in [1.807, 2.05) is 31.2 Å². The molecule has 7 heteroatoms. The highest BCUT2D eigenvalue weighted by Crippen LogP contribution is 2.30. The second-order valence-corrected chi connectivity index (χ2v) is 6.18. The molecule has 1 aromatic heterocycles.